The molecule has 1 unspecified atom stereocenters. The van der Waals surface area contributed by atoms with Crippen LogP contribution in [-0.4, -0.2) is 26.7 Å². The molecule has 3 aromatic carbocycles. The van der Waals surface area contributed by atoms with Crippen molar-refractivity contribution in [2.24, 2.45) is 5.92 Å². The third kappa shape index (κ3) is 4.28. The second kappa shape index (κ2) is 9.61. The van der Waals surface area contributed by atoms with Crippen molar-refractivity contribution in [3.63, 3.8) is 0 Å². The van der Waals surface area contributed by atoms with Gasteiger partial charge in [0.2, 0.25) is 5.76 Å². The first-order valence-corrected chi connectivity index (χ1v) is 11.9. The Balaban J connectivity index is 1.72. The highest BCUT2D eigenvalue weighted by atomic mass is 19.1. The average molecular weight is 504 g/mol. The number of benzene rings is 3. The van der Waals surface area contributed by atoms with Crippen molar-refractivity contribution in [3.05, 3.63) is 93.6 Å². The van der Waals surface area contributed by atoms with Crippen LogP contribution < -0.4 is 24.5 Å². The number of anilines is 1. The van der Waals surface area contributed by atoms with E-state index in [0.29, 0.717) is 41.0 Å². The Morgan fingerprint density at radius 2 is 1.70 bits per heavy atom. The van der Waals surface area contributed by atoms with Crippen molar-refractivity contribution in [2.45, 2.75) is 19.9 Å². The van der Waals surface area contributed by atoms with E-state index >= 15 is 0 Å². The zero-order valence-corrected chi connectivity index (χ0v) is 20.9. The minimum Gasteiger partial charge on any atom is -0.497 e. The summed E-state index contributed by atoms with van der Waals surface area (Å²) in [4.78, 5) is 28.9. The van der Waals surface area contributed by atoms with Crippen molar-refractivity contribution in [1.82, 2.24) is 0 Å². The van der Waals surface area contributed by atoms with E-state index < -0.39 is 23.2 Å². The van der Waals surface area contributed by atoms with Gasteiger partial charge < -0.3 is 18.6 Å². The number of fused-ring (bicyclic) bond motifs is 2. The number of methoxy groups -OCH3 is 2. The van der Waals surface area contributed by atoms with Crippen LogP contribution in [0.15, 0.2) is 69.9 Å². The molecule has 7 nitrogen and oxygen atoms in total. The summed E-state index contributed by atoms with van der Waals surface area (Å²) < 4.78 is 36.7. The fourth-order valence-corrected chi connectivity index (χ4v) is 4.50. The maximum atomic E-state index is 14.1. The van der Waals surface area contributed by atoms with Crippen molar-refractivity contribution < 1.29 is 27.8 Å². The van der Waals surface area contributed by atoms with Crippen molar-refractivity contribution in [2.75, 3.05) is 25.7 Å². The summed E-state index contributed by atoms with van der Waals surface area (Å²) in [6.45, 7) is 4.59. The van der Waals surface area contributed by atoms with E-state index in [1.807, 2.05) is 13.8 Å². The molecular weight excluding hydrogens is 477 g/mol. The number of hydrogen-bond donors (Lipinski definition) is 0. The molecule has 4 aromatic rings. The average Bonchev–Trinajstić information content (AvgIpc) is 3.20. The topological polar surface area (TPSA) is 78.2 Å². The molecule has 1 amide bonds. The van der Waals surface area contributed by atoms with Gasteiger partial charge in [-0.25, -0.2) is 4.39 Å². The molecule has 1 atom stereocenters. The number of carbonyl (C=O) groups excluding carboxylic acids is 1. The number of halogens is 1. The maximum absolute atomic E-state index is 14.1. The summed E-state index contributed by atoms with van der Waals surface area (Å²) in [5.74, 6) is 0.816. The first-order valence-electron chi connectivity index (χ1n) is 11.9. The molecule has 0 aliphatic carbocycles. The third-order valence-corrected chi connectivity index (χ3v) is 6.26. The summed E-state index contributed by atoms with van der Waals surface area (Å²) in [5.41, 5.74) is 0.959. The molecule has 0 radical (unpaired) electrons. The second-order valence-electron chi connectivity index (χ2n) is 9.21. The Bertz CT molecular complexity index is 1540. The molecule has 0 saturated carbocycles. The summed E-state index contributed by atoms with van der Waals surface area (Å²) >= 11 is 0. The van der Waals surface area contributed by atoms with E-state index in [1.54, 1.807) is 49.6 Å². The summed E-state index contributed by atoms with van der Waals surface area (Å²) in [5, 5.41) is 0.0667. The van der Waals surface area contributed by atoms with Gasteiger partial charge in [0, 0.05) is 5.69 Å². The zero-order chi connectivity index (χ0) is 26.3. The number of ether oxygens (including phenoxy) is 3. The molecule has 5 rings (SSSR count). The highest BCUT2D eigenvalue weighted by Crippen LogP contribution is 2.43. The van der Waals surface area contributed by atoms with Crippen LogP contribution in [0.2, 0.25) is 0 Å². The van der Waals surface area contributed by atoms with E-state index in [2.05, 4.69) is 0 Å². The molecule has 190 valence electrons. The first-order chi connectivity index (χ1) is 17.8. The summed E-state index contributed by atoms with van der Waals surface area (Å²) in [6.07, 6.45) is 0. The second-order valence-corrected chi connectivity index (χ2v) is 9.21. The molecule has 37 heavy (non-hydrogen) atoms. The quantitative estimate of drug-likeness (QED) is 0.320. The normalized spacial score (nSPS) is 14.8. The molecular formula is C29H26FNO6. The molecule has 0 bridgehead atoms. The van der Waals surface area contributed by atoms with Gasteiger partial charge in [0.1, 0.15) is 17.1 Å². The van der Waals surface area contributed by atoms with Gasteiger partial charge in [-0.3, -0.25) is 14.5 Å². The van der Waals surface area contributed by atoms with E-state index in [9.17, 15) is 14.0 Å². The molecule has 0 spiro atoms. The van der Waals surface area contributed by atoms with Crippen LogP contribution in [-0.2, 0) is 0 Å². The fourth-order valence-electron chi connectivity index (χ4n) is 4.50. The maximum Gasteiger partial charge on any atom is 0.295 e. The monoisotopic (exact) mass is 503 g/mol. The lowest BCUT2D eigenvalue weighted by atomic mass is 9.97. The third-order valence-electron chi connectivity index (χ3n) is 6.26. The van der Waals surface area contributed by atoms with Gasteiger partial charge in [-0.15, -0.1) is 0 Å². The predicted molar refractivity (Wildman–Crippen MR) is 137 cm³/mol. The van der Waals surface area contributed by atoms with Crippen LogP contribution >= 0.6 is 0 Å². The molecule has 0 fully saturated rings. The van der Waals surface area contributed by atoms with Gasteiger partial charge in [0.25, 0.3) is 5.91 Å². The van der Waals surface area contributed by atoms with Crippen molar-refractivity contribution in [3.8, 4) is 17.2 Å². The lowest BCUT2D eigenvalue weighted by molar-refractivity contribution is 0.0971. The van der Waals surface area contributed by atoms with Gasteiger partial charge >= 0.3 is 0 Å². The number of amides is 1. The zero-order valence-electron chi connectivity index (χ0n) is 20.9. The number of hydrogen-bond acceptors (Lipinski definition) is 6. The molecule has 1 aliphatic heterocycles. The molecule has 0 saturated heterocycles. The lowest BCUT2D eigenvalue weighted by Gasteiger charge is -2.26. The smallest absolute Gasteiger partial charge is 0.295 e. The summed E-state index contributed by atoms with van der Waals surface area (Å²) in [6, 6.07) is 15.0. The van der Waals surface area contributed by atoms with Crippen LogP contribution in [0.5, 0.6) is 17.2 Å². The SMILES string of the molecule is COc1ccc(N2C(=O)c3oc4ccc(F)cc4c(=O)c3C2c2ccc(OCC(C)C)c(OC)c2)cc1. The van der Waals surface area contributed by atoms with Gasteiger partial charge in [-0.05, 0) is 66.1 Å². The Morgan fingerprint density at radius 1 is 0.946 bits per heavy atom. The Labute approximate surface area is 213 Å². The minimum atomic E-state index is -0.840. The van der Waals surface area contributed by atoms with Crippen LogP contribution in [0.25, 0.3) is 11.0 Å². The standard InChI is InChI=1S/C29H26FNO6/c1-16(2)15-36-23-11-5-17(13-24(23)35-4)26-25-27(32)21-14-18(30)6-12-22(21)37-28(25)29(33)31(26)19-7-9-20(34-3)10-8-19/h5-14,16,26H,15H2,1-4H3. The van der Waals surface area contributed by atoms with E-state index in [1.165, 1.54) is 24.1 Å². The molecule has 8 heteroatoms. The van der Waals surface area contributed by atoms with Gasteiger partial charge in [-0.2, -0.15) is 0 Å². The lowest BCUT2D eigenvalue weighted by Crippen LogP contribution is -2.29. The van der Waals surface area contributed by atoms with Crippen LogP contribution in [0.3, 0.4) is 0 Å². The number of rotatable bonds is 7. The molecule has 1 aliphatic rings. The predicted octanol–water partition coefficient (Wildman–Crippen LogP) is 5.73. The van der Waals surface area contributed by atoms with Gasteiger partial charge in [-0.1, -0.05) is 19.9 Å². The largest absolute Gasteiger partial charge is 0.497 e. The van der Waals surface area contributed by atoms with Crippen LogP contribution in [0.1, 0.15) is 41.6 Å². The minimum absolute atomic E-state index is 0.0667. The number of nitrogens with zero attached hydrogens (tertiary/aromatic N) is 1. The molecule has 2 heterocycles. The Kier molecular flexibility index (Phi) is 6.33. The fraction of sp³-hybridized carbons (Fsp3) is 0.241. The number of carbonyl (C=O) groups is 1. The van der Waals surface area contributed by atoms with Crippen molar-refractivity contribution in [1.29, 1.82) is 0 Å². The molecule has 0 N–H and O–H groups in total. The first kappa shape index (κ1) is 24.4. The van der Waals surface area contributed by atoms with E-state index in [0.717, 1.165) is 6.07 Å². The highest BCUT2D eigenvalue weighted by molar-refractivity contribution is 6.10. The van der Waals surface area contributed by atoms with Crippen LogP contribution in [0.4, 0.5) is 10.1 Å². The summed E-state index contributed by atoms with van der Waals surface area (Å²) in [7, 11) is 3.08. The van der Waals surface area contributed by atoms with Crippen molar-refractivity contribution >= 4 is 22.6 Å². The molecule has 1 aromatic heterocycles. The van der Waals surface area contributed by atoms with E-state index in [-0.39, 0.29) is 22.3 Å². The van der Waals surface area contributed by atoms with E-state index in [4.69, 9.17) is 18.6 Å². The van der Waals surface area contributed by atoms with Gasteiger partial charge in [0.05, 0.1) is 37.8 Å². The Morgan fingerprint density at radius 3 is 2.38 bits per heavy atom. The Hall–Kier alpha value is -4.33. The van der Waals surface area contributed by atoms with Crippen LogP contribution in [0, 0.1) is 11.7 Å². The highest BCUT2D eigenvalue weighted by Gasteiger charge is 2.44. The van der Waals surface area contributed by atoms with Gasteiger partial charge in [0.15, 0.2) is 16.9 Å².